The van der Waals surface area contributed by atoms with Gasteiger partial charge in [0.1, 0.15) is 0 Å². The van der Waals surface area contributed by atoms with Crippen LogP contribution in [0.3, 0.4) is 0 Å². The molecule has 6 heteroatoms. The van der Waals surface area contributed by atoms with Crippen LogP contribution >= 0.6 is 0 Å². The summed E-state index contributed by atoms with van der Waals surface area (Å²) in [4.78, 5) is 10.2. The zero-order valence-corrected chi connectivity index (χ0v) is 19.8. The summed E-state index contributed by atoms with van der Waals surface area (Å²) in [5.41, 5.74) is 0. The first-order valence-corrected chi connectivity index (χ1v) is 12.0. The van der Waals surface area contributed by atoms with E-state index >= 15 is 0 Å². The number of hydrogen-bond acceptors (Lipinski definition) is 4. The summed E-state index contributed by atoms with van der Waals surface area (Å²) in [5.74, 6) is 0. The molecule has 0 heterocycles. The van der Waals surface area contributed by atoms with E-state index in [1.165, 1.54) is 0 Å². The maximum atomic E-state index is 10.2. The Labute approximate surface area is 168 Å². The van der Waals surface area contributed by atoms with Crippen LogP contribution in [0.5, 0.6) is 0 Å². The molecule has 0 aromatic rings. The van der Waals surface area contributed by atoms with Crippen LogP contribution < -0.4 is 0 Å². The van der Waals surface area contributed by atoms with Crippen LogP contribution in [0.25, 0.3) is 0 Å². The quantitative estimate of drug-likeness (QED) is 0.433. The molecular weight excluding hydrogens is 356 g/mol. The largest absolute Gasteiger partial charge is 0.432 e. The molecule has 0 fully saturated rings. The second-order valence-corrected chi connectivity index (χ2v) is 9.59. The van der Waals surface area contributed by atoms with Gasteiger partial charge in [-0.2, -0.15) is 0 Å². The van der Waals surface area contributed by atoms with Crippen molar-refractivity contribution in [2.45, 2.75) is 98.2 Å². The van der Waals surface area contributed by atoms with Gasteiger partial charge in [0.05, 0.1) is 0 Å². The summed E-state index contributed by atoms with van der Waals surface area (Å²) in [6, 6.07) is 3.32. The number of hydrogen-bond donors (Lipinski definition) is 4. The molecule has 0 atom stereocenters. The van der Waals surface area contributed by atoms with Gasteiger partial charge < -0.3 is 20.1 Å². The molecule has 4 nitrogen and oxygen atoms in total. The molecule has 0 spiro atoms. The first kappa shape index (κ1) is 35.8. The third-order valence-corrected chi connectivity index (χ3v) is 7.11. The van der Waals surface area contributed by atoms with E-state index < -0.39 is 8.32 Å². The van der Waals surface area contributed by atoms with Gasteiger partial charge in [-0.15, -0.1) is 0 Å². The van der Waals surface area contributed by atoms with Crippen LogP contribution in [0.4, 0.5) is 0 Å². The van der Waals surface area contributed by atoms with Gasteiger partial charge in [0, 0.05) is 41.5 Å². The molecule has 0 saturated carbocycles. The van der Waals surface area contributed by atoms with Crippen LogP contribution in [0.2, 0.25) is 18.1 Å². The Balaban J connectivity index is -0.0000000772. The summed E-state index contributed by atoms with van der Waals surface area (Å²) in [7, 11) is -1.75. The van der Waals surface area contributed by atoms with Crippen molar-refractivity contribution in [2.24, 2.45) is 0 Å². The molecule has 24 heavy (non-hydrogen) atoms. The van der Waals surface area contributed by atoms with Gasteiger partial charge in [0.2, 0.25) is 0 Å². The van der Waals surface area contributed by atoms with Crippen molar-refractivity contribution in [3.8, 4) is 0 Å². The van der Waals surface area contributed by atoms with Crippen LogP contribution in [-0.4, -0.2) is 48.3 Å². The fourth-order valence-electron chi connectivity index (χ4n) is 1.77. The Hall–Kier alpha value is 0.771. The molecule has 0 amide bonds. The van der Waals surface area contributed by atoms with E-state index in [9.17, 15) is 4.80 Å². The van der Waals surface area contributed by atoms with Crippen molar-refractivity contribution >= 4 is 8.32 Å². The van der Waals surface area contributed by atoms with Gasteiger partial charge >= 0.3 is 0 Å². The van der Waals surface area contributed by atoms with Crippen molar-refractivity contribution in [3.63, 3.8) is 0 Å². The molecule has 150 valence electrons. The van der Waals surface area contributed by atoms with Crippen molar-refractivity contribution in [3.05, 3.63) is 0 Å². The molecule has 0 saturated heterocycles. The van der Waals surface area contributed by atoms with E-state index in [2.05, 4.69) is 20.8 Å². The number of aliphatic hydroxyl groups excluding tert-OH is 3. The summed E-state index contributed by atoms with van der Waals surface area (Å²) in [6.45, 7) is 13.3. The third-order valence-electron chi connectivity index (χ3n) is 2.82. The summed E-state index contributed by atoms with van der Waals surface area (Å²) in [5, 5.41) is 23.6. The van der Waals surface area contributed by atoms with E-state index in [4.69, 9.17) is 15.3 Å². The SMILES string of the molecule is CCCO.CCCO.CCCO.CCC[Si](O)(CCC)CCC.[Ti]. The van der Waals surface area contributed by atoms with Crippen molar-refractivity contribution < 1.29 is 41.8 Å². The molecule has 0 unspecified atom stereocenters. The molecule has 0 rings (SSSR count). The monoisotopic (exact) mass is 402 g/mol. The third kappa shape index (κ3) is 43.4. The molecule has 4 N–H and O–H groups in total. The second kappa shape index (κ2) is 35.0. The first-order valence-electron chi connectivity index (χ1n) is 9.48. The zero-order valence-electron chi connectivity index (χ0n) is 17.3. The zero-order chi connectivity index (χ0) is 19.0. The minimum Gasteiger partial charge on any atom is -0.432 e. The number of rotatable bonds is 9. The molecule has 0 aliphatic carbocycles. The predicted molar refractivity (Wildman–Crippen MR) is 105 cm³/mol. The molecule has 0 aromatic heterocycles. The van der Waals surface area contributed by atoms with Crippen LogP contribution in [0, 0.1) is 0 Å². The Morgan fingerprint density at radius 1 is 0.500 bits per heavy atom. The second-order valence-electron chi connectivity index (χ2n) is 5.65. The van der Waals surface area contributed by atoms with Gasteiger partial charge in [-0.25, -0.2) is 0 Å². The maximum Gasteiger partial charge on any atom is 0.188 e. The van der Waals surface area contributed by atoms with Gasteiger partial charge in [-0.05, 0) is 37.4 Å². The van der Waals surface area contributed by atoms with E-state index in [0.29, 0.717) is 19.8 Å². The standard InChI is InChI=1S/C9H22OSi.3C3H8O.Ti/c1-4-7-11(10,8-5-2)9-6-3;3*1-2-3-4;/h10H,4-9H2,1-3H3;3*4H,2-3H2,1H3;. The first-order chi connectivity index (χ1) is 10.9. The summed E-state index contributed by atoms with van der Waals surface area (Å²) >= 11 is 0. The average molecular weight is 403 g/mol. The summed E-state index contributed by atoms with van der Waals surface area (Å²) < 4.78 is 0. The van der Waals surface area contributed by atoms with E-state index in [0.717, 1.165) is 56.7 Å². The fourth-order valence-corrected chi connectivity index (χ4v) is 5.31. The molecule has 0 radical (unpaired) electrons. The van der Waals surface area contributed by atoms with Crippen LogP contribution in [0.15, 0.2) is 0 Å². The minimum absolute atomic E-state index is 0. The van der Waals surface area contributed by atoms with Gasteiger partial charge in [0.15, 0.2) is 8.32 Å². The smallest absolute Gasteiger partial charge is 0.188 e. The van der Waals surface area contributed by atoms with Crippen molar-refractivity contribution in [1.29, 1.82) is 0 Å². The van der Waals surface area contributed by atoms with Crippen molar-refractivity contribution in [2.75, 3.05) is 19.8 Å². The molecule has 0 bridgehead atoms. The van der Waals surface area contributed by atoms with E-state index in [1.807, 2.05) is 20.8 Å². The Morgan fingerprint density at radius 2 is 0.667 bits per heavy atom. The van der Waals surface area contributed by atoms with Gasteiger partial charge in [-0.1, -0.05) is 60.8 Å². The minimum atomic E-state index is -1.75. The Morgan fingerprint density at radius 3 is 0.750 bits per heavy atom. The Bertz CT molecular complexity index is 143. The topological polar surface area (TPSA) is 80.9 Å². The molecule has 0 aromatic carbocycles. The number of aliphatic hydroxyl groups is 3. The summed E-state index contributed by atoms with van der Waals surface area (Å²) in [6.07, 6.45) is 6.09. The van der Waals surface area contributed by atoms with Gasteiger partial charge in [-0.3, -0.25) is 0 Å². The van der Waals surface area contributed by atoms with Gasteiger partial charge in [0.25, 0.3) is 0 Å². The normalized spacial score (nSPS) is 9.25. The molecular formula is C18H46O4SiTi. The Kier molecular flexibility index (Phi) is 52.2. The average Bonchev–Trinajstić information content (AvgIpc) is 2.56. The van der Waals surface area contributed by atoms with E-state index in [1.54, 1.807) is 0 Å². The predicted octanol–water partition coefficient (Wildman–Crippen LogP) is 4.32. The molecule has 0 aliphatic rings. The molecule has 0 aliphatic heterocycles. The van der Waals surface area contributed by atoms with E-state index in [-0.39, 0.29) is 21.7 Å². The fraction of sp³-hybridized carbons (Fsp3) is 1.00. The van der Waals surface area contributed by atoms with Crippen molar-refractivity contribution in [1.82, 2.24) is 0 Å². The van der Waals surface area contributed by atoms with Crippen LogP contribution in [-0.2, 0) is 21.7 Å². The van der Waals surface area contributed by atoms with Crippen LogP contribution in [0.1, 0.15) is 80.1 Å². The maximum absolute atomic E-state index is 10.2.